The second kappa shape index (κ2) is 6.26. The monoisotopic (exact) mass is 272 g/mol. The first kappa shape index (κ1) is 15.1. The van der Waals surface area contributed by atoms with Crippen molar-refractivity contribution in [1.82, 2.24) is 5.32 Å². The van der Waals surface area contributed by atoms with Crippen LogP contribution in [0, 0.1) is 6.92 Å². The number of alkyl halides is 3. The fourth-order valence-corrected chi connectivity index (χ4v) is 1.52. The zero-order valence-corrected chi connectivity index (χ0v) is 10.6. The molecule has 0 aromatic heterocycles. The minimum Gasteiger partial charge on any atom is -0.394 e. The normalized spacial score (nSPS) is 12.2. The van der Waals surface area contributed by atoms with E-state index >= 15 is 0 Å². The molecule has 0 saturated carbocycles. The Morgan fingerprint density at radius 1 is 1.37 bits per heavy atom. The summed E-state index contributed by atoms with van der Waals surface area (Å²) in [6, 6.07) is 6.85. The second-order valence-electron chi connectivity index (χ2n) is 4.07. The largest absolute Gasteiger partial charge is 0.394 e. The van der Waals surface area contributed by atoms with Crippen LogP contribution < -0.4 is 10.6 Å². The standard InChI is InChI=1S/C13H15F3N2O/c1-9-4-3-5-11(6-9)18-12(19)10(8-17-2)7-13(14,15)16/h3-6,8,17H,7H2,1-2H3,(H,18,19)/b10-8+. The summed E-state index contributed by atoms with van der Waals surface area (Å²) in [6.07, 6.45) is -4.64. The van der Waals surface area contributed by atoms with E-state index in [0.717, 1.165) is 11.8 Å². The third-order valence-electron chi connectivity index (χ3n) is 2.28. The van der Waals surface area contributed by atoms with Crippen molar-refractivity contribution in [1.29, 1.82) is 0 Å². The molecule has 0 atom stereocenters. The molecule has 1 rings (SSSR count). The molecule has 0 fully saturated rings. The van der Waals surface area contributed by atoms with Gasteiger partial charge in [-0.1, -0.05) is 12.1 Å². The van der Waals surface area contributed by atoms with Crippen LogP contribution in [0.3, 0.4) is 0 Å². The first-order chi connectivity index (χ1) is 8.81. The van der Waals surface area contributed by atoms with Crippen LogP contribution in [-0.4, -0.2) is 19.1 Å². The summed E-state index contributed by atoms with van der Waals surface area (Å²) in [7, 11) is 1.44. The minimum atomic E-state index is -4.42. The highest BCUT2D eigenvalue weighted by atomic mass is 19.4. The smallest absolute Gasteiger partial charge is 0.393 e. The minimum absolute atomic E-state index is 0.364. The molecule has 0 radical (unpaired) electrons. The molecule has 0 aliphatic heterocycles. The molecule has 2 N–H and O–H groups in total. The molecule has 0 aliphatic carbocycles. The zero-order valence-electron chi connectivity index (χ0n) is 10.6. The Kier molecular flexibility index (Phi) is 4.97. The van der Waals surface area contributed by atoms with Crippen LogP contribution in [-0.2, 0) is 4.79 Å². The van der Waals surface area contributed by atoms with Gasteiger partial charge in [-0.15, -0.1) is 0 Å². The number of aryl methyl sites for hydroxylation is 1. The van der Waals surface area contributed by atoms with Crippen LogP contribution in [0.5, 0.6) is 0 Å². The Morgan fingerprint density at radius 3 is 2.58 bits per heavy atom. The molecule has 19 heavy (non-hydrogen) atoms. The number of hydrogen-bond donors (Lipinski definition) is 2. The van der Waals surface area contributed by atoms with E-state index in [1.54, 1.807) is 18.2 Å². The molecule has 0 aliphatic rings. The van der Waals surface area contributed by atoms with Crippen LogP contribution in [0.2, 0.25) is 0 Å². The van der Waals surface area contributed by atoms with E-state index in [0.29, 0.717) is 5.69 Å². The predicted molar refractivity (Wildman–Crippen MR) is 67.6 cm³/mol. The van der Waals surface area contributed by atoms with Crippen molar-refractivity contribution in [3.63, 3.8) is 0 Å². The summed E-state index contributed by atoms with van der Waals surface area (Å²) in [5, 5.41) is 4.89. The molecule has 104 valence electrons. The van der Waals surface area contributed by atoms with Gasteiger partial charge in [-0.2, -0.15) is 13.2 Å². The van der Waals surface area contributed by atoms with Gasteiger partial charge in [0, 0.05) is 24.5 Å². The van der Waals surface area contributed by atoms with Crippen molar-refractivity contribution in [3.05, 3.63) is 41.6 Å². The van der Waals surface area contributed by atoms with Crippen molar-refractivity contribution in [2.24, 2.45) is 0 Å². The topological polar surface area (TPSA) is 41.1 Å². The molecular formula is C13H15F3N2O. The van der Waals surface area contributed by atoms with Gasteiger partial charge in [0.1, 0.15) is 0 Å². The first-order valence-electron chi connectivity index (χ1n) is 5.63. The zero-order chi connectivity index (χ0) is 14.5. The second-order valence-corrected chi connectivity index (χ2v) is 4.07. The average molecular weight is 272 g/mol. The van der Waals surface area contributed by atoms with E-state index in [-0.39, 0.29) is 5.57 Å². The fourth-order valence-electron chi connectivity index (χ4n) is 1.52. The van der Waals surface area contributed by atoms with Crippen molar-refractivity contribution in [2.75, 3.05) is 12.4 Å². The van der Waals surface area contributed by atoms with Gasteiger partial charge in [0.15, 0.2) is 0 Å². The summed E-state index contributed by atoms with van der Waals surface area (Å²) in [6.45, 7) is 1.83. The molecule has 0 spiro atoms. The number of amides is 1. The first-order valence-corrected chi connectivity index (χ1v) is 5.63. The van der Waals surface area contributed by atoms with Crippen LogP contribution >= 0.6 is 0 Å². The van der Waals surface area contributed by atoms with Crippen LogP contribution in [0.4, 0.5) is 18.9 Å². The molecule has 1 aromatic carbocycles. The van der Waals surface area contributed by atoms with Gasteiger partial charge in [0.2, 0.25) is 0 Å². The summed E-state index contributed by atoms with van der Waals surface area (Å²) >= 11 is 0. The van der Waals surface area contributed by atoms with Gasteiger partial charge in [-0.05, 0) is 24.6 Å². The van der Waals surface area contributed by atoms with Crippen molar-refractivity contribution < 1.29 is 18.0 Å². The van der Waals surface area contributed by atoms with Gasteiger partial charge in [0.05, 0.1) is 6.42 Å². The van der Waals surface area contributed by atoms with E-state index in [1.165, 1.54) is 7.05 Å². The average Bonchev–Trinajstić information content (AvgIpc) is 2.26. The maximum Gasteiger partial charge on any atom is 0.393 e. The molecule has 1 amide bonds. The van der Waals surface area contributed by atoms with E-state index in [2.05, 4.69) is 10.6 Å². The number of carbonyl (C=O) groups is 1. The highest BCUT2D eigenvalue weighted by Gasteiger charge is 2.31. The molecular weight excluding hydrogens is 257 g/mol. The lowest BCUT2D eigenvalue weighted by atomic mass is 10.1. The lowest BCUT2D eigenvalue weighted by Gasteiger charge is -2.11. The number of benzene rings is 1. The number of rotatable bonds is 4. The SMILES string of the molecule is CN/C=C(\CC(F)(F)F)C(=O)Nc1cccc(C)c1. The molecule has 0 saturated heterocycles. The summed E-state index contributed by atoms with van der Waals surface area (Å²) in [5.74, 6) is -0.766. The van der Waals surface area contributed by atoms with Gasteiger partial charge in [-0.25, -0.2) is 0 Å². The molecule has 1 aromatic rings. The highest BCUT2D eigenvalue weighted by molar-refractivity contribution is 6.03. The highest BCUT2D eigenvalue weighted by Crippen LogP contribution is 2.25. The maximum atomic E-state index is 12.3. The van der Waals surface area contributed by atoms with Crippen molar-refractivity contribution >= 4 is 11.6 Å². The number of nitrogens with one attached hydrogen (secondary N) is 2. The third kappa shape index (κ3) is 5.46. The molecule has 0 heterocycles. The Hall–Kier alpha value is -1.98. The number of carbonyl (C=O) groups excluding carboxylic acids is 1. The lowest BCUT2D eigenvalue weighted by Crippen LogP contribution is -2.21. The van der Waals surface area contributed by atoms with E-state index in [4.69, 9.17) is 0 Å². The molecule has 3 nitrogen and oxygen atoms in total. The quantitative estimate of drug-likeness (QED) is 0.827. The van der Waals surface area contributed by atoms with E-state index in [1.807, 2.05) is 13.0 Å². The summed E-state index contributed by atoms with van der Waals surface area (Å²) in [5.41, 5.74) is 1.01. The van der Waals surface area contributed by atoms with E-state index < -0.39 is 18.5 Å². The summed E-state index contributed by atoms with van der Waals surface area (Å²) < 4.78 is 37.0. The van der Waals surface area contributed by atoms with Gasteiger partial charge in [0.25, 0.3) is 5.91 Å². The van der Waals surface area contributed by atoms with E-state index in [9.17, 15) is 18.0 Å². The Bertz CT molecular complexity index is 481. The lowest BCUT2D eigenvalue weighted by molar-refractivity contribution is -0.132. The number of anilines is 1. The van der Waals surface area contributed by atoms with Crippen molar-refractivity contribution in [3.8, 4) is 0 Å². The Labute approximate surface area is 109 Å². The Morgan fingerprint density at radius 2 is 2.05 bits per heavy atom. The third-order valence-corrected chi connectivity index (χ3v) is 2.28. The fraction of sp³-hybridized carbons (Fsp3) is 0.308. The van der Waals surface area contributed by atoms with Gasteiger partial charge in [-0.3, -0.25) is 4.79 Å². The van der Waals surface area contributed by atoms with Crippen LogP contribution in [0.15, 0.2) is 36.0 Å². The summed E-state index contributed by atoms with van der Waals surface area (Å²) in [4.78, 5) is 11.8. The maximum absolute atomic E-state index is 12.3. The predicted octanol–water partition coefficient (Wildman–Crippen LogP) is 2.99. The van der Waals surface area contributed by atoms with Gasteiger partial charge >= 0.3 is 6.18 Å². The van der Waals surface area contributed by atoms with Gasteiger partial charge < -0.3 is 10.6 Å². The van der Waals surface area contributed by atoms with Crippen LogP contribution in [0.1, 0.15) is 12.0 Å². The molecule has 6 heteroatoms. The molecule has 0 bridgehead atoms. The van der Waals surface area contributed by atoms with Crippen molar-refractivity contribution in [2.45, 2.75) is 19.5 Å². The Balaban J connectivity index is 2.81. The number of hydrogen-bond acceptors (Lipinski definition) is 2. The molecule has 0 unspecified atom stereocenters. The number of halogens is 3. The van der Waals surface area contributed by atoms with Crippen LogP contribution in [0.25, 0.3) is 0 Å².